The molecule has 0 bridgehead atoms. The number of nitrogens with one attached hydrogen (secondary N) is 1. The summed E-state index contributed by atoms with van der Waals surface area (Å²) in [4.78, 5) is 19.0. The predicted octanol–water partition coefficient (Wildman–Crippen LogP) is 4.14. The minimum Gasteiger partial charge on any atom is -0.355 e. The molecule has 3 rings (SSSR count). The third-order valence-electron chi connectivity index (χ3n) is 4.69. The van der Waals surface area contributed by atoms with Crippen LogP contribution in [0, 0.1) is 0 Å². The van der Waals surface area contributed by atoms with Crippen LogP contribution < -0.4 is 10.2 Å². The van der Waals surface area contributed by atoms with Crippen molar-refractivity contribution >= 4 is 29.0 Å². The van der Waals surface area contributed by atoms with Gasteiger partial charge in [0.25, 0.3) is 0 Å². The van der Waals surface area contributed by atoms with E-state index in [1.54, 1.807) is 0 Å². The fourth-order valence-electron chi connectivity index (χ4n) is 2.95. The lowest BCUT2D eigenvalue weighted by atomic mass is 10.2. The first-order valence-electron chi connectivity index (χ1n) is 9.16. The van der Waals surface area contributed by atoms with Crippen molar-refractivity contribution < 1.29 is 4.79 Å². The number of benzene rings is 2. The highest BCUT2D eigenvalue weighted by atomic mass is 32.2. The van der Waals surface area contributed by atoms with E-state index in [1.807, 2.05) is 23.7 Å². The van der Waals surface area contributed by atoms with Gasteiger partial charge in [-0.05, 0) is 51.6 Å². The van der Waals surface area contributed by atoms with Crippen molar-refractivity contribution in [3.63, 3.8) is 0 Å². The Labute approximate surface area is 160 Å². The van der Waals surface area contributed by atoms with E-state index in [0.29, 0.717) is 19.1 Å². The number of rotatable bonds is 7. The van der Waals surface area contributed by atoms with Gasteiger partial charge in [0.2, 0.25) is 5.91 Å². The van der Waals surface area contributed by atoms with Crippen LogP contribution >= 0.6 is 11.8 Å². The van der Waals surface area contributed by atoms with Crippen LogP contribution in [0.5, 0.6) is 0 Å². The summed E-state index contributed by atoms with van der Waals surface area (Å²) in [7, 11) is 1.98. The van der Waals surface area contributed by atoms with Gasteiger partial charge in [-0.2, -0.15) is 0 Å². The van der Waals surface area contributed by atoms with Crippen LogP contribution in [-0.2, 0) is 4.79 Å². The molecule has 0 saturated heterocycles. The van der Waals surface area contributed by atoms with Gasteiger partial charge in [-0.15, -0.1) is 0 Å². The number of carbonyl (C=O) groups excluding carboxylic acids is 1. The monoisotopic (exact) mass is 369 g/mol. The topological polar surface area (TPSA) is 35.6 Å². The van der Waals surface area contributed by atoms with E-state index in [1.165, 1.54) is 21.2 Å². The minimum absolute atomic E-state index is 0.0937. The molecule has 1 aliphatic heterocycles. The molecule has 1 amide bonds. The van der Waals surface area contributed by atoms with Crippen LogP contribution in [0.4, 0.5) is 11.4 Å². The first kappa shape index (κ1) is 18.8. The quantitative estimate of drug-likeness (QED) is 0.744. The Morgan fingerprint density at radius 1 is 1.08 bits per heavy atom. The molecule has 0 unspecified atom stereocenters. The van der Waals surface area contributed by atoms with Gasteiger partial charge in [0, 0.05) is 28.9 Å². The molecule has 5 heteroatoms. The molecular formula is C21H27N3OS. The maximum Gasteiger partial charge on any atom is 0.234 e. The van der Waals surface area contributed by atoms with Gasteiger partial charge in [-0.1, -0.05) is 36.0 Å². The number of carbonyl (C=O) groups is 1. The van der Waals surface area contributed by atoms with Gasteiger partial charge in [0.1, 0.15) is 0 Å². The van der Waals surface area contributed by atoms with Crippen LogP contribution in [-0.4, -0.2) is 43.5 Å². The van der Waals surface area contributed by atoms with Crippen molar-refractivity contribution in [2.45, 2.75) is 36.1 Å². The Hall–Kier alpha value is -1.98. The first-order chi connectivity index (χ1) is 12.6. The first-order valence-corrected chi connectivity index (χ1v) is 9.98. The van der Waals surface area contributed by atoms with Crippen molar-refractivity contribution in [2.75, 3.05) is 31.6 Å². The third-order valence-corrected chi connectivity index (χ3v) is 5.82. The average Bonchev–Trinajstić information content (AvgIpc) is 2.64. The molecule has 0 aromatic heterocycles. The van der Waals surface area contributed by atoms with Crippen LogP contribution in [0.15, 0.2) is 58.3 Å². The Morgan fingerprint density at radius 2 is 1.65 bits per heavy atom. The largest absolute Gasteiger partial charge is 0.355 e. The van der Waals surface area contributed by atoms with Crippen LogP contribution in [0.25, 0.3) is 0 Å². The Bertz CT molecular complexity index is 717. The molecule has 1 aliphatic rings. The predicted molar refractivity (Wildman–Crippen MR) is 109 cm³/mol. The second-order valence-corrected chi connectivity index (χ2v) is 7.99. The standard InChI is InChI=1S/C21H27N3OS/c1-16(2)23(3)15-21(25)22-13-8-14-24-17-9-4-6-11-19(17)26-20-12-7-5-10-18(20)24/h4-7,9-12,16H,8,13-15H2,1-3H3,(H,22,25). The van der Waals surface area contributed by atoms with Gasteiger partial charge in [-0.25, -0.2) is 0 Å². The van der Waals surface area contributed by atoms with Gasteiger partial charge < -0.3 is 10.2 Å². The van der Waals surface area contributed by atoms with Crippen molar-refractivity contribution in [3.05, 3.63) is 48.5 Å². The molecule has 2 aromatic rings. The average molecular weight is 370 g/mol. The Kier molecular flexibility index (Phi) is 6.22. The summed E-state index contributed by atoms with van der Waals surface area (Å²) in [5, 5.41) is 3.04. The molecular weight excluding hydrogens is 342 g/mol. The third kappa shape index (κ3) is 4.40. The molecule has 4 nitrogen and oxygen atoms in total. The normalized spacial score (nSPS) is 12.9. The summed E-state index contributed by atoms with van der Waals surface area (Å²) in [6.45, 7) is 6.21. The zero-order valence-corrected chi connectivity index (χ0v) is 16.6. The molecule has 0 saturated carbocycles. The highest BCUT2D eigenvalue weighted by Gasteiger charge is 2.22. The van der Waals surface area contributed by atoms with E-state index in [4.69, 9.17) is 0 Å². The molecule has 0 spiro atoms. The molecule has 26 heavy (non-hydrogen) atoms. The highest BCUT2D eigenvalue weighted by Crippen LogP contribution is 2.47. The highest BCUT2D eigenvalue weighted by molar-refractivity contribution is 7.99. The Balaban J connectivity index is 1.59. The summed E-state index contributed by atoms with van der Waals surface area (Å²) >= 11 is 1.82. The number of nitrogens with zero attached hydrogens (tertiary/aromatic N) is 2. The smallest absolute Gasteiger partial charge is 0.234 e. The lowest BCUT2D eigenvalue weighted by Gasteiger charge is -2.32. The zero-order chi connectivity index (χ0) is 18.5. The second-order valence-electron chi connectivity index (χ2n) is 6.90. The molecule has 0 atom stereocenters. The van der Waals surface area contributed by atoms with E-state index < -0.39 is 0 Å². The number of likely N-dealkylation sites (N-methyl/N-ethyl adjacent to an activating group) is 1. The fraction of sp³-hybridized carbons (Fsp3) is 0.381. The van der Waals surface area contributed by atoms with Gasteiger partial charge in [0.05, 0.1) is 17.9 Å². The zero-order valence-electron chi connectivity index (χ0n) is 15.7. The maximum absolute atomic E-state index is 12.0. The summed E-state index contributed by atoms with van der Waals surface area (Å²) in [6.07, 6.45) is 0.907. The lowest BCUT2D eigenvalue weighted by molar-refractivity contribution is -0.122. The summed E-state index contributed by atoms with van der Waals surface area (Å²) in [6, 6.07) is 17.4. The van der Waals surface area contributed by atoms with E-state index in [9.17, 15) is 4.79 Å². The molecule has 0 fully saturated rings. The Morgan fingerprint density at radius 3 is 2.23 bits per heavy atom. The van der Waals surface area contributed by atoms with Crippen LogP contribution in [0.1, 0.15) is 20.3 Å². The van der Waals surface area contributed by atoms with Crippen LogP contribution in [0.2, 0.25) is 0 Å². The maximum atomic E-state index is 12.0. The van der Waals surface area contributed by atoms with Crippen LogP contribution in [0.3, 0.4) is 0 Å². The van der Waals surface area contributed by atoms with Crippen molar-refractivity contribution in [1.82, 2.24) is 10.2 Å². The summed E-state index contributed by atoms with van der Waals surface area (Å²) < 4.78 is 0. The van der Waals surface area contributed by atoms with E-state index in [2.05, 4.69) is 72.6 Å². The van der Waals surface area contributed by atoms with Gasteiger partial charge in [-0.3, -0.25) is 9.69 Å². The number of amides is 1. The lowest BCUT2D eigenvalue weighted by Crippen LogP contribution is -2.39. The molecule has 0 aliphatic carbocycles. The number of hydrogen-bond acceptors (Lipinski definition) is 4. The van der Waals surface area contributed by atoms with Gasteiger partial charge >= 0.3 is 0 Å². The van der Waals surface area contributed by atoms with Crippen molar-refractivity contribution in [1.29, 1.82) is 0 Å². The minimum atomic E-state index is 0.0937. The molecule has 1 N–H and O–H groups in total. The fourth-order valence-corrected chi connectivity index (χ4v) is 4.05. The molecule has 2 aromatic carbocycles. The van der Waals surface area contributed by atoms with Crippen molar-refractivity contribution in [3.8, 4) is 0 Å². The number of para-hydroxylation sites is 2. The van der Waals surface area contributed by atoms with E-state index in [0.717, 1.165) is 13.0 Å². The number of anilines is 2. The molecule has 1 heterocycles. The number of hydrogen-bond donors (Lipinski definition) is 1. The SMILES string of the molecule is CC(C)N(C)CC(=O)NCCCN1c2ccccc2Sc2ccccc21. The molecule has 0 radical (unpaired) electrons. The second kappa shape index (κ2) is 8.60. The summed E-state index contributed by atoms with van der Waals surface area (Å²) in [5.74, 6) is 0.0937. The molecule has 138 valence electrons. The summed E-state index contributed by atoms with van der Waals surface area (Å²) in [5.41, 5.74) is 2.50. The number of fused-ring (bicyclic) bond motifs is 2. The van der Waals surface area contributed by atoms with Gasteiger partial charge in [0.15, 0.2) is 0 Å². The van der Waals surface area contributed by atoms with E-state index in [-0.39, 0.29) is 5.91 Å². The van der Waals surface area contributed by atoms with Crippen molar-refractivity contribution in [2.24, 2.45) is 0 Å². The van der Waals surface area contributed by atoms with E-state index >= 15 is 0 Å².